The Labute approximate surface area is 117 Å². The van der Waals surface area contributed by atoms with Crippen LogP contribution in [0.3, 0.4) is 0 Å². The molecule has 0 amide bonds. The molecule has 2 aromatic rings. The third-order valence-electron chi connectivity index (χ3n) is 4.21. The van der Waals surface area contributed by atoms with Crippen LogP contribution in [0.15, 0.2) is 6.33 Å². The molecule has 0 bridgehead atoms. The maximum atomic E-state index is 6.12. The van der Waals surface area contributed by atoms with Crippen molar-refractivity contribution in [3.8, 4) is 0 Å². The van der Waals surface area contributed by atoms with E-state index in [1.54, 1.807) is 17.7 Å². The van der Waals surface area contributed by atoms with Crippen molar-refractivity contribution < 1.29 is 0 Å². The van der Waals surface area contributed by atoms with Crippen molar-refractivity contribution in [2.75, 3.05) is 11.9 Å². The molecule has 2 atom stereocenters. The highest BCUT2D eigenvalue weighted by atomic mass is 32.1. The first-order valence-electron chi connectivity index (χ1n) is 6.87. The molecule has 0 aliphatic heterocycles. The zero-order valence-corrected chi connectivity index (χ0v) is 12.3. The second-order valence-electron chi connectivity index (χ2n) is 5.42. The number of fused-ring (bicyclic) bond motifs is 1. The van der Waals surface area contributed by atoms with E-state index in [2.05, 4.69) is 29.1 Å². The van der Waals surface area contributed by atoms with Gasteiger partial charge in [0.05, 0.1) is 5.39 Å². The molecule has 0 radical (unpaired) electrons. The first-order chi connectivity index (χ1) is 9.16. The van der Waals surface area contributed by atoms with Gasteiger partial charge in [-0.25, -0.2) is 9.97 Å². The van der Waals surface area contributed by atoms with Gasteiger partial charge in [0.25, 0.3) is 0 Å². The van der Waals surface area contributed by atoms with Gasteiger partial charge < -0.3 is 11.1 Å². The summed E-state index contributed by atoms with van der Waals surface area (Å²) in [5.74, 6) is 1.54. The highest BCUT2D eigenvalue weighted by molar-refractivity contribution is 7.18. The molecular weight excluding hydrogens is 256 g/mol. The minimum absolute atomic E-state index is 0.343. The number of anilines is 1. The smallest absolute Gasteiger partial charge is 0.138 e. The molecule has 1 aliphatic rings. The van der Waals surface area contributed by atoms with E-state index in [1.165, 1.54) is 28.7 Å². The van der Waals surface area contributed by atoms with Crippen LogP contribution in [-0.2, 0) is 0 Å². The Morgan fingerprint density at radius 1 is 1.37 bits per heavy atom. The summed E-state index contributed by atoms with van der Waals surface area (Å²) >= 11 is 1.74. The van der Waals surface area contributed by atoms with Gasteiger partial charge in [-0.15, -0.1) is 11.3 Å². The molecular formula is C14H20N4S. The molecule has 102 valence electrons. The number of aromatic nitrogens is 2. The summed E-state index contributed by atoms with van der Waals surface area (Å²) in [5.41, 5.74) is 7.41. The largest absolute Gasteiger partial charge is 0.369 e. The molecule has 1 aliphatic carbocycles. The maximum absolute atomic E-state index is 6.12. The number of hydrogen-bond acceptors (Lipinski definition) is 5. The number of nitrogens with one attached hydrogen (secondary N) is 1. The summed E-state index contributed by atoms with van der Waals surface area (Å²) in [6, 6.07) is 0.343. The third-order valence-corrected chi connectivity index (χ3v) is 5.33. The van der Waals surface area contributed by atoms with Crippen LogP contribution >= 0.6 is 11.3 Å². The lowest BCUT2D eigenvalue weighted by Crippen LogP contribution is -2.29. The molecule has 4 nitrogen and oxygen atoms in total. The normalized spacial score (nSPS) is 23.1. The molecule has 2 aromatic heterocycles. The van der Waals surface area contributed by atoms with Gasteiger partial charge in [-0.1, -0.05) is 6.42 Å². The average Bonchev–Trinajstić information content (AvgIpc) is 2.92. The molecule has 0 spiro atoms. The minimum Gasteiger partial charge on any atom is -0.369 e. The van der Waals surface area contributed by atoms with Crippen LogP contribution in [0.25, 0.3) is 10.2 Å². The lowest BCUT2D eigenvalue weighted by molar-refractivity contribution is 0.505. The third kappa shape index (κ3) is 2.32. The minimum atomic E-state index is 0.343. The van der Waals surface area contributed by atoms with Crippen molar-refractivity contribution >= 4 is 27.4 Å². The SMILES string of the molecule is Cc1sc2ncnc(NCC3CCCC3N)c2c1C. The van der Waals surface area contributed by atoms with Gasteiger partial charge in [0, 0.05) is 17.5 Å². The van der Waals surface area contributed by atoms with Gasteiger partial charge in [-0.3, -0.25) is 0 Å². The van der Waals surface area contributed by atoms with Gasteiger partial charge >= 0.3 is 0 Å². The number of aryl methyl sites for hydroxylation is 2. The van der Waals surface area contributed by atoms with Crippen molar-refractivity contribution in [2.45, 2.75) is 39.2 Å². The first kappa shape index (κ1) is 12.8. The lowest BCUT2D eigenvalue weighted by Gasteiger charge is -2.16. The van der Waals surface area contributed by atoms with Crippen molar-refractivity contribution in [2.24, 2.45) is 11.7 Å². The van der Waals surface area contributed by atoms with E-state index in [0.29, 0.717) is 12.0 Å². The van der Waals surface area contributed by atoms with Crippen LogP contribution in [0.1, 0.15) is 29.7 Å². The monoisotopic (exact) mass is 276 g/mol. The first-order valence-corrected chi connectivity index (χ1v) is 7.68. The molecule has 0 saturated heterocycles. The highest BCUT2D eigenvalue weighted by Gasteiger charge is 2.24. The van der Waals surface area contributed by atoms with Crippen molar-refractivity contribution in [3.05, 3.63) is 16.8 Å². The van der Waals surface area contributed by atoms with Crippen LogP contribution in [-0.4, -0.2) is 22.6 Å². The summed E-state index contributed by atoms with van der Waals surface area (Å²) in [6.07, 6.45) is 5.28. The zero-order valence-electron chi connectivity index (χ0n) is 11.4. The molecule has 2 heterocycles. The molecule has 1 saturated carbocycles. The van der Waals surface area contributed by atoms with E-state index in [0.717, 1.165) is 23.6 Å². The summed E-state index contributed by atoms with van der Waals surface area (Å²) in [6.45, 7) is 5.20. The molecule has 19 heavy (non-hydrogen) atoms. The van der Waals surface area contributed by atoms with E-state index in [-0.39, 0.29) is 0 Å². The highest BCUT2D eigenvalue weighted by Crippen LogP contribution is 2.33. The van der Waals surface area contributed by atoms with Crippen LogP contribution in [0.5, 0.6) is 0 Å². The predicted molar refractivity (Wildman–Crippen MR) is 80.7 cm³/mol. The Bertz CT molecular complexity index is 592. The van der Waals surface area contributed by atoms with E-state index >= 15 is 0 Å². The molecule has 1 fully saturated rings. The average molecular weight is 276 g/mol. The van der Waals surface area contributed by atoms with Gasteiger partial charge in [0.2, 0.25) is 0 Å². The predicted octanol–water partition coefficient (Wildman–Crippen LogP) is 2.85. The fourth-order valence-electron chi connectivity index (χ4n) is 2.86. The van der Waals surface area contributed by atoms with Crippen LogP contribution in [0.4, 0.5) is 5.82 Å². The van der Waals surface area contributed by atoms with Crippen LogP contribution in [0, 0.1) is 19.8 Å². The quantitative estimate of drug-likeness (QED) is 0.905. The molecule has 3 rings (SSSR count). The molecule has 0 aromatic carbocycles. The van der Waals surface area contributed by atoms with E-state index in [4.69, 9.17) is 5.73 Å². The summed E-state index contributed by atoms with van der Waals surface area (Å²) in [5, 5.41) is 4.67. The van der Waals surface area contributed by atoms with E-state index < -0.39 is 0 Å². The van der Waals surface area contributed by atoms with Gasteiger partial charge in [-0.2, -0.15) is 0 Å². The number of hydrogen-bond donors (Lipinski definition) is 2. The Morgan fingerprint density at radius 2 is 2.21 bits per heavy atom. The second-order valence-corrected chi connectivity index (χ2v) is 6.62. The number of nitrogens with two attached hydrogens (primary N) is 1. The fraction of sp³-hybridized carbons (Fsp3) is 0.571. The van der Waals surface area contributed by atoms with E-state index in [1.807, 2.05) is 0 Å². The van der Waals surface area contributed by atoms with Crippen molar-refractivity contribution in [3.63, 3.8) is 0 Å². The molecule has 5 heteroatoms. The Morgan fingerprint density at radius 3 is 2.95 bits per heavy atom. The van der Waals surface area contributed by atoms with Gasteiger partial charge in [-0.05, 0) is 38.2 Å². The summed E-state index contributed by atoms with van der Waals surface area (Å²) in [4.78, 5) is 11.2. The standard InChI is InChI=1S/C14H20N4S/c1-8-9(2)19-14-12(8)13(17-7-18-14)16-6-10-4-3-5-11(10)15/h7,10-11H,3-6,15H2,1-2H3,(H,16,17,18). The fourth-order valence-corrected chi connectivity index (χ4v) is 3.86. The summed E-state index contributed by atoms with van der Waals surface area (Å²) < 4.78 is 0. The number of thiophene rings is 1. The van der Waals surface area contributed by atoms with Crippen molar-refractivity contribution in [1.29, 1.82) is 0 Å². The number of rotatable bonds is 3. The lowest BCUT2D eigenvalue weighted by atomic mass is 10.0. The molecule has 3 N–H and O–H groups in total. The topological polar surface area (TPSA) is 63.8 Å². The van der Waals surface area contributed by atoms with E-state index in [9.17, 15) is 0 Å². The summed E-state index contributed by atoms with van der Waals surface area (Å²) in [7, 11) is 0. The Hall–Kier alpha value is -1.20. The Kier molecular flexibility index (Phi) is 3.41. The Balaban J connectivity index is 1.84. The zero-order chi connectivity index (χ0) is 13.4. The van der Waals surface area contributed by atoms with Gasteiger partial charge in [0.15, 0.2) is 0 Å². The van der Waals surface area contributed by atoms with Crippen LogP contribution < -0.4 is 11.1 Å². The van der Waals surface area contributed by atoms with Crippen molar-refractivity contribution in [1.82, 2.24) is 9.97 Å². The molecule has 2 unspecified atom stereocenters. The number of nitrogens with zero attached hydrogens (tertiary/aromatic N) is 2. The van der Waals surface area contributed by atoms with Crippen LogP contribution in [0.2, 0.25) is 0 Å². The van der Waals surface area contributed by atoms with Gasteiger partial charge in [0.1, 0.15) is 17.0 Å². The second kappa shape index (κ2) is 5.06. The maximum Gasteiger partial charge on any atom is 0.138 e.